The van der Waals surface area contributed by atoms with Crippen LogP contribution in [-0.2, 0) is 9.59 Å². The van der Waals surface area contributed by atoms with E-state index >= 15 is 0 Å². The molecule has 2 N–H and O–H groups in total. The molecule has 3 aliphatic carbocycles. The quantitative estimate of drug-likeness (QED) is 0.749. The van der Waals surface area contributed by atoms with Crippen LogP contribution in [0.3, 0.4) is 0 Å². The number of halogens is 1. The number of hydrogen-bond acceptors (Lipinski definition) is 4. The third kappa shape index (κ3) is 3.23. The maximum atomic E-state index is 14.5. The normalized spacial score (nSPS) is 33.6. The van der Waals surface area contributed by atoms with Gasteiger partial charge in [0.05, 0.1) is 18.0 Å². The van der Waals surface area contributed by atoms with Crippen molar-refractivity contribution in [2.45, 2.75) is 56.5 Å². The van der Waals surface area contributed by atoms with Gasteiger partial charge in [0, 0.05) is 37.0 Å². The molecule has 0 saturated heterocycles. The molecule has 0 aromatic heterocycles. The lowest BCUT2D eigenvalue weighted by Gasteiger charge is -2.37. The molecule has 0 radical (unpaired) electrons. The minimum atomic E-state index is -0.712. The van der Waals surface area contributed by atoms with Gasteiger partial charge in [0.15, 0.2) is 0 Å². The maximum Gasteiger partial charge on any atom is 0.226 e. The molecule has 0 aromatic carbocycles. The summed E-state index contributed by atoms with van der Waals surface area (Å²) < 4.78 is 14.5. The Morgan fingerprint density at radius 2 is 2.03 bits per heavy atom. The van der Waals surface area contributed by atoms with Crippen molar-refractivity contribution in [1.29, 1.82) is 5.26 Å². The molecular formula is C23H27FN4O2. The second kappa shape index (κ2) is 7.26. The second-order valence-corrected chi connectivity index (χ2v) is 9.28. The molecule has 30 heavy (non-hydrogen) atoms. The summed E-state index contributed by atoms with van der Waals surface area (Å²) >= 11 is 0. The van der Waals surface area contributed by atoms with E-state index in [0.29, 0.717) is 45.2 Å². The van der Waals surface area contributed by atoms with Crippen LogP contribution in [0.15, 0.2) is 35.3 Å². The highest BCUT2D eigenvalue weighted by Gasteiger charge is 2.48. The van der Waals surface area contributed by atoms with Gasteiger partial charge in [0.1, 0.15) is 11.4 Å². The van der Waals surface area contributed by atoms with Crippen molar-refractivity contribution in [3.05, 3.63) is 35.3 Å². The molecule has 2 aliphatic heterocycles. The Kier molecular flexibility index (Phi) is 4.68. The fourth-order valence-corrected chi connectivity index (χ4v) is 5.49. The van der Waals surface area contributed by atoms with Gasteiger partial charge in [-0.1, -0.05) is 25.0 Å². The molecule has 5 rings (SSSR count). The van der Waals surface area contributed by atoms with Gasteiger partial charge in [0.2, 0.25) is 11.8 Å². The van der Waals surface area contributed by atoms with Gasteiger partial charge in [-0.25, -0.2) is 4.39 Å². The van der Waals surface area contributed by atoms with Crippen LogP contribution in [0.1, 0.15) is 44.9 Å². The van der Waals surface area contributed by atoms with E-state index in [9.17, 15) is 19.2 Å². The summed E-state index contributed by atoms with van der Waals surface area (Å²) in [6.45, 7) is 1.01. The van der Waals surface area contributed by atoms with E-state index in [4.69, 9.17) is 0 Å². The predicted molar refractivity (Wildman–Crippen MR) is 108 cm³/mol. The summed E-state index contributed by atoms with van der Waals surface area (Å²) in [4.78, 5) is 28.2. The first kappa shape index (κ1) is 19.3. The first-order valence-electron chi connectivity index (χ1n) is 11.1. The average molecular weight is 410 g/mol. The number of hydrogen-bond donors (Lipinski definition) is 2. The Bertz CT molecular complexity index is 911. The van der Waals surface area contributed by atoms with Crippen LogP contribution in [0, 0.1) is 29.1 Å². The van der Waals surface area contributed by atoms with Crippen LogP contribution in [0.25, 0.3) is 0 Å². The molecule has 2 fully saturated rings. The minimum absolute atomic E-state index is 0.00222. The monoisotopic (exact) mass is 410 g/mol. The fraction of sp³-hybridized carbons (Fsp3) is 0.609. The first-order chi connectivity index (χ1) is 14.5. The maximum absolute atomic E-state index is 14.5. The third-order valence-electron chi connectivity index (χ3n) is 7.39. The van der Waals surface area contributed by atoms with Gasteiger partial charge in [-0.2, -0.15) is 5.26 Å². The molecular weight excluding hydrogens is 383 g/mol. The van der Waals surface area contributed by atoms with Crippen molar-refractivity contribution < 1.29 is 14.0 Å². The number of allylic oxidation sites excluding steroid dienone is 2. The van der Waals surface area contributed by atoms with Gasteiger partial charge < -0.3 is 15.5 Å². The molecule has 0 bridgehead atoms. The highest BCUT2D eigenvalue weighted by atomic mass is 19.1. The lowest BCUT2D eigenvalue weighted by molar-refractivity contribution is -0.143. The highest BCUT2D eigenvalue weighted by Crippen LogP contribution is 2.41. The summed E-state index contributed by atoms with van der Waals surface area (Å²) in [7, 11) is 0. The summed E-state index contributed by atoms with van der Waals surface area (Å²) in [6, 6.07) is 2.13. The van der Waals surface area contributed by atoms with Crippen molar-refractivity contribution in [1.82, 2.24) is 15.5 Å². The zero-order valence-electron chi connectivity index (χ0n) is 17.0. The molecule has 0 aromatic rings. The minimum Gasteiger partial charge on any atom is -0.381 e. The van der Waals surface area contributed by atoms with Gasteiger partial charge in [-0.3, -0.25) is 9.59 Å². The van der Waals surface area contributed by atoms with Gasteiger partial charge in [-0.15, -0.1) is 0 Å². The second-order valence-electron chi connectivity index (χ2n) is 9.28. The van der Waals surface area contributed by atoms with Gasteiger partial charge in [0.25, 0.3) is 0 Å². The van der Waals surface area contributed by atoms with Crippen LogP contribution in [0.5, 0.6) is 0 Å². The number of fused-ring (bicyclic) bond motifs is 2. The molecule has 6 nitrogen and oxygen atoms in total. The smallest absolute Gasteiger partial charge is 0.226 e. The van der Waals surface area contributed by atoms with Crippen LogP contribution < -0.4 is 10.6 Å². The van der Waals surface area contributed by atoms with E-state index in [2.05, 4.69) is 16.7 Å². The fourth-order valence-electron chi connectivity index (χ4n) is 5.49. The van der Waals surface area contributed by atoms with E-state index in [-0.39, 0.29) is 41.4 Å². The molecule has 2 heterocycles. The zero-order valence-corrected chi connectivity index (χ0v) is 17.0. The van der Waals surface area contributed by atoms with Crippen LogP contribution >= 0.6 is 0 Å². The summed E-state index contributed by atoms with van der Waals surface area (Å²) in [5.41, 5.74) is 1.32. The predicted octanol–water partition coefficient (Wildman–Crippen LogP) is 2.46. The average Bonchev–Trinajstić information content (AvgIpc) is 3.43. The standard InChI is InChI=1S/C23H27FN4O2/c24-17-6-3-7-19-20(17)16-12-28(11-8-18(16)26-19)22(30)15-5-2-1-4-14(15)21(29)27-23(13-25)9-10-23/h3,6-7,14-15,19-20,26H,1-2,4-5,8-12H2,(H,27,29)/t14-,15-,19?,20?/m1/s1. The number of carbonyl (C=O) groups excluding carboxylic acids is 2. The molecule has 4 atom stereocenters. The topological polar surface area (TPSA) is 85.2 Å². The van der Waals surface area contributed by atoms with E-state index in [0.717, 1.165) is 24.1 Å². The van der Waals surface area contributed by atoms with Gasteiger partial charge in [-0.05, 0) is 37.3 Å². The van der Waals surface area contributed by atoms with E-state index in [1.807, 2.05) is 11.0 Å². The van der Waals surface area contributed by atoms with E-state index in [1.165, 1.54) is 6.08 Å². The number of nitrogens with one attached hydrogen (secondary N) is 2. The molecule has 5 aliphatic rings. The Morgan fingerprint density at radius 1 is 1.27 bits per heavy atom. The van der Waals surface area contributed by atoms with E-state index in [1.54, 1.807) is 6.08 Å². The number of carbonyl (C=O) groups is 2. The van der Waals surface area contributed by atoms with Crippen LogP contribution in [0.2, 0.25) is 0 Å². The Hall–Kier alpha value is -2.62. The Morgan fingerprint density at radius 3 is 2.77 bits per heavy atom. The highest BCUT2D eigenvalue weighted by molar-refractivity contribution is 5.89. The largest absolute Gasteiger partial charge is 0.381 e. The molecule has 2 saturated carbocycles. The third-order valence-corrected chi connectivity index (χ3v) is 7.39. The van der Waals surface area contributed by atoms with Crippen molar-refractivity contribution in [2.24, 2.45) is 17.8 Å². The number of rotatable bonds is 3. The van der Waals surface area contributed by atoms with Crippen molar-refractivity contribution in [3.63, 3.8) is 0 Å². The van der Waals surface area contributed by atoms with E-state index < -0.39 is 5.54 Å². The number of amides is 2. The van der Waals surface area contributed by atoms with Crippen molar-refractivity contribution >= 4 is 11.8 Å². The summed E-state index contributed by atoms with van der Waals surface area (Å²) in [5.74, 6) is -1.37. The number of nitriles is 1. The molecule has 7 heteroatoms. The molecule has 2 unspecified atom stereocenters. The lowest BCUT2D eigenvalue weighted by atomic mass is 9.77. The molecule has 158 valence electrons. The van der Waals surface area contributed by atoms with Crippen LogP contribution in [-0.4, -0.2) is 41.4 Å². The van der Waals surface area contributed by atoms with Crippen LogP contribution in [0.4, 0.5) is 4.39 Å². The SMILES string of the molecule is N#CC1(NC(=O)[C@@H]2CCCC[C@H]2C(=O)N2CCC3=C(C2)C2C(F)=CC=CC2N3)CC1. The Labute approximate surface area is 175 Å². The summed E-state index contributed by atoms with van der Waals surface area (Å²) in [5, 5.41) is 15.6. The lowest BCUT2D eigenvalue weighted by Crippen LogP contribution is -2.49. The zero-order chi connectivity index (χ0) is 20.9. The van der Waals surface area contributed by atoms with Crippen molar-refractivity contribution in [3.8, 4) is 6.07 Å². The van der Waals surface area contributed by atoms with Crippen molar-refractivity contribution in [2.75, 3.05) is 13.1 Å². The Balaban J connectivity index is 1.30. The summed E-state index contributed by atoms with van der Waals surface area (Å²) in [6.07, 6.45) is 10.5. The first-order valence-corrected chi connectivity index (χ1v) is 11.1. The van der Waals surface area contributed by atoms with Gasteiger partial charge >= 0.3 is 0 Å². The number of nitrogens with zero attached hydrogens (tertiary/aromatic N) is 2. The molecule has 2 amide bonds. The molecule has 0 spiro atoms.